The number of carbonyl (C=O) groups excluding carboxylic acids is 2. The van der Waals surface area contributed by atoms with Crippen molar-refractivity contribution in [1.29, 1.82) is 0 Å². The Balaban J connectivity index is 1.86. The van der Waals surface area contributed by atoms with Gasteiger partial charge in [-0.1, -0.05) is 18.2 Å². The van der Waals surface area contributed by atoms with Crippen LogP contribution >= 0.6 is 0 Å². The summed E-state index contributed by atoms with van der Waals surface area (Å²) >= 11 is 0. The number of hydrogen-bond donors (Lipinski definition) is 2. The number of ether oxygens (including phenoxy) is 1. The third kappa shape index (κ3) is 3.30. The van der Waals surface area contributed by atoms with Gasteiger partial charge in [0.15, 0.2) is 0 Å². The number of aromatic nitrogens is 2. The summed E-state index contributed by atoms with van der Waals surface area (Å²) in [6.45, 7) is 0.810. The van der Waals surface area contributed by atoms with Gasteiger partial charge in [-0.05, 0) is 30.2 Å². The standard InChI is InChI=1S/C22H21N3O4/c1-29-12-4-11-25-19(14-7-9-23-10-8-14)18(21(27)22(25)28)20(26)16-13-24-17-6-3-2-5-15(16)17/h2-3,5-10,13,19,24,26H,4,11-12H2,1H3/b20-18-. The molecule has 2 N–H and O–H groups in total. The molecule has 4 rings (SSSR count). The van der Waals surface area contributed by atoms with E-state index in [1.165, 1.54) is 4.90 Å². The number of benzene rings is 1. The lowest BCUT2D eigenvalue weighted by atomic mass is 9.96. The number of aliphatic hydroxyl groups is 1. The molecule has 1 fully saturated rings. The molecule has 1 saturated heterocycles. The number of carbonyl (C=O) groups is 2. The summed E-state index contributed by atoms with van der Waals surface area (Å²) in [6, 6.07) is 10.3. The Morgan fingerprint density at radius 2 is 1.97 bits per heavy atom. The molecule has 29 heavy (non-hydrogen) atoms. The number of nitrogens with one attached hydrogen (secondary N) is 1. The molecule has 0 spiro atoms. The molecule has 1 unspecified atom stereocenters. The highest BCUT2D eigenvalue weighted by molar-refractivity contribution is 6.46. The topological polar surface area (TPSA) is 95.5 Å². The normalized spacial score (nSPS) is 18.7. The maximum absolute atomic E-state index is 12.9. The van der Waals surface area contributed by atoms with Crippen molar-refractivity contribution >= 4 is 28.4 Å². The Morgan fingerprint density at radius 1 is 1.21 bits per heavy atom. The molecule has 0 radical (unpaired) electrons. The van der Waals surface area contributed by atoms with E-state index in [1.54, 1.807) is 37.8 Å². The quantitative estimate of drug-likeness (QED) is 0.291. The van der Waals surface area contributed by atoms with E-state index in [0.717, 1.165) is 16.5 Å². The van der Waals surface area contributed by atoms with Gasteiger partial charge in [-0.25, -0.2) is 0 Å². The zero-order chi connectivity index (χ0) is 20.4. The Kier molecular flexibility index (Phi) is 5.14. The van der Waals surface area contributed by atoms with Crippen LogP contribution in [0.1, 0.15) is 23.6 Å². The van der Waals surface area contributed by atoms with E-state index >= 15 is 0 Å². The molecular formula is C22H21N3O4. The van der Waals surface area contributed by atoms with Crippen LogP contribution in [0.3, 0.4) is 0 Å². The minimum absolute atomic E-state index is 0.0865. The first-order valence-corrected chi connectivity index (χ1v) is 9.37. The van der Waals surface area contributed by atoms with Crippen LogP contribution in [0.2, 0.25) is 0 Å². The molecule has 1 amide bonds. The van der Waals surface area contributed by atoms with Crippen LogP contribution < -0.4 is 0 Å². The van der Waals surface area contributed by atoms with Gasteiger partial charge in [0.1, 0.15) is 5.76 Å². The van der Waals surface area contributed by atoms with Crippen molar-refractivity contribution in [2.45, 2.75) is 12.5 Å². The number of aliphatic hydroxyl groups excluding tert-OH is 1. The third-order valence-electron chi connectivity index (χ3n) is 5.15. The van der Waals surface area contributed by atoms with Crippen molar-refractivity contribution in [3.05, 3.63) is 71.7 Å². The molecule has 1 aliphatic rings. The highest BCUT2D eigenvalue weighted by Crippen LogP contribution is 2.40. The first kappa shape index (κ1) is 18.9. The predicted molar refractivity (Wildman–Crippen MR) is 108 cm³/mol. The number of fused-ring (bicyclic) bond motifs is 1. The van der Waals surface area contributed by atoms with E-state index in [9.17, 15) is 14.7 Å². The van der Waals surface area contributed by atoms with Crippen molar-refractivity contribution in [1.82, 2.24) is 14.9 Å². The molecule has 148 valence electrons. The van der Waals surface area contributed by atoms with Crippen LogP contribution in [-0.2, 0) is 14.3 Å². The molecule has 1 atom stereocenters. The second kappa shape index (κ2) is 7.89. The molecule has 3 heterocycles. The van der Waals surface area contributed by atoms with Gasteiger partial charge in [0.05, 0.1) is 11.6 Å². The van der Waals surface area contributed by atoms with Crippen molar-refractivity contribution in [2.75, 3.05) is 20.3 Å². The summed E-state index contributed by atoms with van der Waals surface area (Å²) in [5.41, 5.74) is 2.14. The van der Waals surface area contributed by atoms with Crippen LogP contribution in [0.25, 0.3) is 16.7 Å². The minimum atomic E-state index is -0.688. The van der Waals surface area contributed by atoms with E-state index in [2.05, 4.69) is 9.97 Å². The van der Waals surface area contributed by atoms with Crippen LogP contribution in [0.5, 0.6) is 0 Å². The number of ketones is 1. The average Bonchev–Trinajstić information content (AvgIpc) is 3.29. The number of H-pyrrole nitrogens is 1. The molecule has 0 bridgehead atoms. The van der Waals surface area contributed by atoms with Crippen molar-refractivity contribution in [2.24, 2.45) is 0 Å². The maximum atomic E-state index is 12.9. The van der Waals surface area contributed by atoms with Crippen LogP contribution in [-0.4, -0.2) is 51.9 Å². The van der Waals surface area contributed by atoms with Gasteiger partial charge in [-0.15, -0.1) is 0 Å². The number of hydrogen-bond acceptors (Lipinski definition) is 5. The lowest BCUT2D eigenvalue weighted by Crippen LogP contribution is -2.31. The predicted octanol–water partition coefficient (Wildman–Crippen LogP) is 3.02. The molecule has 0 saturated carbocycles. The van der Waals surface area contributed by atoms with Crippen molar-refractivity contribution in [3.63, 3.8) is 0 Å². The number of nitrogens with zero attached hydrogens (tertiary/aromatic N) is 2. The molecule has 1 aromatic carbocycles. The number of methoxy groups -OCH3 is 1. The van der Waals surface area contributed by atoms with Crippen LogP contribution in [0.4, 0.5) is 0 Å². The average molecular weight is 391 g/mol. The lowest BCUT2D eigenvalue weighted by Gasteiger charge is -2.25. The summed E-state index contributed by atoms with van der Waals surface area (Å²) in [6.07, 6.45) is 5.45. The highest BCUT2D eigenvalue weighted by atomic mass is 16.5. The number of likely N-dealkylation sites (tertiary alicyclic amines) is 1. The summed E-state index contributed by atoms with van der Waals surface area (Å²) in [5.74, 6) is -1.49. The van der Waals surface area contributed by atoms with E-state index in [-0.39, 0.29) is 11.3 Å². The number of amides is 1. The van der Waals surface area contributed by atoms with E-state index < -0.39 is 17.7 Å². The van der Waals surface area contributed by atoms with E-state index in [0.29, 0.717) is 25.1 Å². The SMILES string of the molecule is COCCCN1C(=O)C(=O)/C(=C(\O)c2c[nH]c3ccccc23)C1c1ccncc1. The number of para-hydroxylation sites is 1. The summed E-state index contributed by atoms with van der Waals surface area (Å²) in [4.78, 5) is 34.4. The fraction of sp³-hybridized carbons (Fsp3) is 0.227. The van der Waals surface area contributed by atoms with E-state index in [4.69, 9.17) is 4.74 Å². The Bertz CT molecular complexity index is 1090. The Hall–Kier alpha value is -3.45. The van der Waals surface area contributed by atoms with Crippen LogP contribution in [0, 0.1) is 0 Å². The number of aromatic amines is 1. The summed E-state index contributed by atoms with van der Waals surface area (Å²) in [5, 5.41) is 11.9. The number of Topliss-reactive ketones (excluding diaryl/α,β-unsaturated/α-hetero) is 1. The van der Waals surface area contributed by atoms with Gasteiger partial charge in [0.25, 0.3) is 11.7 Å². The largest absolute Gasteiger partial charge is 0.507 e. The van der Waals surface area contributed by atoms with Gasteiger partial charge in [0, 0.05) is 55.3 Å². The van der Waals surface area contributed by atoms with Gasteiger partial charge in [-0.2, -0.15) is 0 Å². The molecule has 3 aromatic rings. The molecular weight excluding hydrogens is 370 g/mol. The molecule has 7 heteroatoms. The van der Waals surface area contributed by atoms with Gasteiger partial charge < -0.3 is 19.7 Å². The molecule has 0 aliphatic carbocycles. The highest BCUT2D eigenvalue weighted by Gasteiger charge is 2.45. The fourth-order valence-corrected chi connectivity index (χ4v) is 3.79. The first-order chi connectivity index (χ1) is 14.1. The first-order valence-electron chi connectivity index (χ1n) is 9.37. The lowest BCUT2D eigenvalue weighted by molar-refractivity contribution is -0.140. The fourth-order valence-electron chi connectivity index (χ4n) is 3.79. The monoisotopic (exact) mass is 391 g/mol. The van der Waals surface area contributed by atoms with Gasteiger partial charge in [-0.3, -0.25) is 14.6 Å². The third-order valence-corrected chi connectivity index (χ3v) is 5.15. The van der Waals surface area contributed by atoms with Crippen molar-refractivity contribution < 1.29 is 19.4 Å². The second-order valence-electron chi connectivity index (χ2n) is 6.87. The van der Waals surface area contributed by atoms with Crippen molar-refractivity contribution in [3.8, 4) is 0 Å². The van der Waals surface area contributed by atoms with Gasteiger partial charge >= 0.3 is 0 Å². The van der Waals surface area contributed by atoms with E-state index in [1.807, 2.05) is 24.3 Å². The number of rotatable bonds is 6. The molecule has 2 aromatic heterocycles. The second-order valence-corrected chi connectivity index (χ2v) is 6.87. The molecule has 1 aliphatic heterocycles. The minimum Gasteiger partial charge on any atom is -0.507 e. The van der Waals surface area contributed by atoms with Crippen LogP contribution in [0.15, 0.2) is 60.6 Å². The summed E-state index contributed by atoms with van der Waals surface area (Å²) < 4.78 is 5.09. The summed E-state index contributed by atoms with van der Waals surface area (Å²) in [7, 11) is 1.59. The Labute approximate surface area is 167 Å². The zero-order valence-electron chi connectivity index (χ0n) is 16.0. The number of pyridine rings is 1. The smallest absolute Gasteiger partial charge is 0.295 e. The maximum Gasteiger partial charge on any atom is 0.295 e. The molecule has 7 nitrogen and oxygen atoms in total. The van der Waals surface area contributed by atoms with Gasteiger partial charge in [0.2, 0.25) is 0 Å². The zero-order valence-corrected chi connectivity index (χ0v) is 16.0. The Morgan fingerprint density at radius 3 is 2.72 bits per heavy atom.